The molecule has 1 aliphatic carbocycles. The zero-order chi connectivity index (χ0) is 19.9. The van der Waals surface area contributed by atoms with Gasteiger partial charge in [0.05, 0.1) is 13.2 Å². The Bertz CT molecular complexity index is 749. The number of ether oxygens (including phenoxy) is 3. The number of nitrogens with two attached hydrogens (primary N) is 1. The van der Waals surface area contributed by atoms with Crippen LogP contribution in [0.15, 0.2) is 24.3 Å². The van der Waals surface area contributed by atoms with E-state index in [0.717, 1.165) is 56.0 Å². The van der Waals surface area contributed by atoms with Gasteiger partial charge in [-0.1, -0.05) is 19.4 Å². The summed E-state index contributed by atoms with van der Waals surface area (Å²) in [6, 6.07) is 7.60. The largest absolute Gasteiger partial charge is 0.497 e. The Balaban J connectivity index is 1.72. The summed E-state index contributed by atoms with van der Waals surface area (Å²) in [7, 11) is 3.38. The monoisotopic (exact) mass is 388 g/mol. The van der Waals surface area contributed by atoms with Gasteiger partial charge in [0.1, 0.15) is 23.9 Å². The zero-order valence-electron chi connectivity index (χ0n) is 17.1. The first-order chi connectivity index (χ1) is 13.6. The molecule has 1 heterocycles. The van der Waals surface area contributed by atoms with Crippen LogP contribution >= 0.6 is 0 Å². The van der Waals surface area contributed by atoms with Gasteiger partial charge >= 0.3 is 0 Å². The first kappa shape index (κ1) is 20.6. The first-order valence-electron chi connectivity index (χ1n) is 10.1. The normalized spacial score (nSPS) is 22.2. The molecular weight excluding hydrogens is 356 g/mol. The Labute approximate surface area is 167 Å². The Morgan fingerprint density at radius 1 is 1.21 bits per heavy atom. The molecule has 1 saturated carbocycles. The first-order valence-corrected chi connectivity index (χ1v) is 10.1. The van der Waals surface area contributed by atoms with Gasteiger partial charge < -0.3 is 19.9 Å². The van der Waals surface area contributed by atoms with Crippen molar-refractivity contribution in [2.75, 3.05) is 14.2 Å². The molecule has 0 saturated heterocycles. The number of nitrogens with zero attached hydrogens (tertiary/aromatic N) is 3. The predicted octanol–water partition coefficient (Wildman–Crippen LogP) is 3.28. The molecule has 0 bridgehead atoms. The average molecular weight is 389 g/mol. The summed E-state index contributed by atoms with van der Waals surface area (Å²) in [5, 5.41) is 4.72. The van der Waals surface area contributed by atoms with Crippen LogP contribution < -0.4 is 15.2 Å². The summed E-state index contributed by atoms with van der Waals surface area (Å²) in [5.41, 5.74) is 6.32. The second kappa shape index (κ2) is 9.89. The van der Waals surface area contributed by atoms with Crippen LogP contribution in [0.4, 0.5) is 0 Å². The minimum atomic E-state index is 0.0385. The summed E-state index contributed by atoms with van der Waals surface area (Å²) >= 11 is 0. The highest BCUT2D eigenvalue weighted by molar-refractivity contribution is 5.32. The molecule has 3 atom stereocenters. The molecular formula is C21H32N4O3. The highest BCUT2D eigenvalue weighted by atomic mass is 16.5. The van der Waals surface area contributed by atoms with Crippen LogP contribution in [0.1, 0.15) is 56.6 Å². The lowest BCUT2D eigenvalue weighted by atomic mass is 9.83. The van der Waals surface area contributed by atoms with Crippen LogP contribution in [-0.4, -0.2) is 41.1 Å². The minimum absolute atomic E-state index is 0.0385. The van der Waals surface area contributed by atoms with E-state index in [0.29, 0.717) is 18.3 Å². The molecule has 2 aromatic rings. The van der Waals surface area contributed by atoms with Gasteiger partial charge in [0, 0.05) is 31.7 Å². The summed E-state index contributed by atoms with van der Waals surface area (Å²) in [5.74, 6) is 3.56. The molecule has 0 amide bonds. The molecule has 0 radical (unpaired) electrons. The van der Waals surface area contributed by atoms with Crippen molar-refractivity contribution in [1.82, 2.24) is 14.8 Å². The van der Waals surface area contributed by atoms with Crippen LogP contribution in [0.2, 0.25) is 0 Å². The molecule has 28 heavy (non-hydrogen) atoms. The minimum Gasteiger partial charge on any atom is -0.497 e. The third kappa shape index (κ3) is 5.02. The Morgan fingerprint density at radius 3 is 2.75 bits per heavy atom. The van der Waals surface area contributed by atoms with Gasteiger partial charge in [0.15, 0.2) is 5.82 Å². The fraction of sp³-hybridized carbons (Fsp3) is 0.619. The molecule has 7 nitrogen and oxygen atoms in total. The van der Waals surface area contributed by atoms with Gasteiger partial charge in [-0.3, -0.25) is 0 Å². The number of rotatable bonds is 9. The van der Waals surface area contributed by atoms with E-state index in [1.54, 1.807) is 14.2 Å². The van der Waals surface area contributed by atoms with Crippen molar-refractivity contribution in [2.45, 2.75) is 70.2 Å². The van der Waals surface area contributed by atoms with Gasteiger partial charge in [-0.2, -0.15) is 5.10 Å². The van der Waals surface area contributed by atoms with Crippen LogP contribution in [-0.2, 0) is 17.9 Å². The van der Waals surface area contributed by atoms with E-state index in [9.17, 15) is 0 Å². The van der Waals surface area contributed by atoms with Gasteiger partial charge in [-0.25, -0.2) is 9.67 Å². The molecule has 0 aliphatic heterocycles. The summed E-state index contributed by atoms with van der Waals surface area (Å²) in [4.78, 5) is 4.83. The maximum absolute atomic E-state index is 6.32. The second-order valence-electron chi connectivity index (χ2n) is 7.38. The van der Waals surface area contributed by atoms with E-state index in [2.05, 4.69) is 11.6 Å². The topological polar surface area (TPSA) is 84.4 Å². The molecule has 1 fully saturated rings. The second-order valence-corrected chi connectivity index (χ2v) is 7.38. The maximum Gasteiger partial charge on any atom is 0.188 e. The molecule has 3 rings (SSSR count). The summed E-state index contributed by atoms with van der Waals surface area (Å²) in [6.07, 6.45) is 5.18. The number of methoxy groups -OCH3 is 2. The molecule has 1 aromatic carbocycles. The maximum atomic E-state index is 6.32. The van der Waals surface area contributed by atoms with E-state index in [1.807, 2.05) is 24.3 Å². The smallest absolute Gasteiger partial charge is 0.188 e. The van der Waals surface area contributed by atoms with E-state index < -0.39 is 0 Å². The lowest BCUT2D eigenvalue weighted by Crippen LogP contribution is -2.41. The van der Waals surface area contributed by atoms with Crippen LogP contribution in [0, 0.1) is 0 Å². The molecule has 2 N–H and O–H groups in total. The molecule has 1 aliphatic rings. The van der Waals surface area contributed by atoms with Crippen molar-refractivity contribution in [3.63, 3.8) is 0 Å². The van der Waals surface area contributed by atoms with Gasteiger partial charge in [0.2, 0.25) is 0 Å². The predicted molar refractivity (Wildman–Crippen MR) is 108 cm³/mol. The third-order valence-corrected chi connectivity index (χ3v) is 5.38. The number of hydrogen-bond acceptors (Lipinski definition) is 6. The van der Waals surface area contributed by atoms with Crippen LogP contribution in [0.3, 0.4) is 0 Å². The average Bonchev–Trinajstić information content (AvgIpc) is 3.14. The third-order valence-electron chi connectivity index (χ3n) is 5.38. The number of aryl methyl sites for hydroxylation is 1. The van der Waals surface area contributed by atoms with E-state index in [1.165, 1.54) is 0 Å². The van der Waals surface area contributed by atoms with Crippen molar-refractivity contribution in [3.8, 4) is 11.5 Å². The number of benzene rings is 1. The molecule has 0 spiro atoms. The lowest BCUT2D eigenvalue weighted by Gasteiger charge is -2.32. The van der Waals surface area contributed by atoms with Crippen molar-refractivity contribution in [3.05, 3.63) is 35.9 Å². The highest BCUT2D eigenvalue weighted by Gasteiger charge is 2.31. The van der Waals surface area contributed by atoms with Crippen molar-refractivity contribution in [2.24, 2.45) is 5.73 Å². The Hall–Kier alpha value is -2.12. The zero-order valence-corrected chi connectivity index (χ0v) is 17.1. The number of unbranched alkanes of at least 4 members (excludes halogenated alkanes) is 1. The van der Waals surface area contributed by atoms with Crippen LogP contribution in [0.25, 0.3) is 0 Å². The quantitative estimate of drug-likeness (QED) is 0.710. The molecule has 1 aromatic heterocycles. The van der Waals surface area contributed by atoms with Crippen molar-refractivity contribution >= 4 is 0 Å². The Kier molecular flexibility index (Phi) is 7.28. The standard InChI is InChI=1S/C21H32N4O3/c1-4-5-11-25-21(15-9-10-19(27-3)18(22)12-15)23-20(24-25)14-28-17-8-6-7-16(13-17)26-2/h6-8,13,15,18-19H,4-5,9-12,14,22H2,1-3H3/t15-,18+,19+/m0/s1. The van der Waals surface area contributed by atoms with E-state index >= 15 is 0 Å². The molecule has 7 heteroatoms. The van der Waals surface area contributed by atoms with Gasteiger partial charge in [0.25, 0.3) is 0 Å². The lowest BCUT2D eigenvalue weighted by molar-refractivity contribution is 0.0479. The summed E-state index contributed by atoms with van der Waals surface area (Å²) in [6.45, 7) is 3.39. The Morgan fingerprint density at radius 2 is 2.04 bits per heavy atom. The fourth-order valence-corrected chi connectivity index (χ4v) is 3.78. The van der Waals surface area contributed by atoms with Gasteiger partial charge in [-0.05, 0) is 37.8 Å². The highest BCUT2D eigenvalue weighted by Crippen LogP contribution is 2.33. The van der Waals surface area contributed by atoms with E-state index in [4.69, 9.17) is 30.0 Å². The molecule has 0 unspecified atom stereocenters. The van der Waals surface area contributed by atoms with Crippen molar-refractivity contribution < 1.29 is 14.2 Å². The van der Waals surface area contributed by atoms with E-state index in [-0.39, 0.29) is 12.1 Å². The number of aromatic nitrogens is 3. The SMILES string of the molecule is CCCCn1nc(COc2cccc(OC)c2)nc1[C@H]1CC[C@@H](OC)[C@H](N)C1. The number of hydrogen-bond donors (Lipinski definition) is 1. The van der Waals surface area contributed by atoms with Crippen molar-refractivity contribution in [1.29, 1.82) is 0 Å². The molecule has 154 valence electrons. The fourth-order valence-electron chi connectivity index (χ4n) is 3.78. The van der Waals surface area contributed by atoms with Crippen LogP contribution in [0.5, 0.6) is 11.5 Å². The van der Waals surface area contributed by atoms with Gasteiger partial charge in [-0.15, -0.1) is 0 Å². The summed E-state index contributed by atoms with van der Waals surface area (Å²) < 4.78 is 18.7.